The van der Waals surface area contributed by atoms with E-state index in [9.17, 15) is 0 Å². The van der Waals surface area contributed by atoms with Crippen molar-refractivity contribution in [1.82, 2.24) is 4.98 Å². The van der Waals surface area contributed by atoms with Gasteiger partial charge in [0.25, 0.3) is 0 Å². The number of likely N-dealkylation sites (N-methyl/N-ethyl adjacent to an activating group) is 1. The number of hydrogen-bond donors (Lipinski definition) is 0. The highest BCUT2D eigenvalue weighted by molar-refractivity contribution is 5.82. The first kappa shape index (κ1) is 18.2. The molecule has 0 aliphatic rings. The zero-order chi connectivity index (χ0) is 14.6. The van der Waals surface area contributed by atoms with Crippen molar-refractivity contribution in [3.05, 3.63) is 35.9 Å². The summed E-state index contributed by atoms with van der Waals surface area (Å²) >= 11 is 0. The summed E-state index contributed by atoms with van der Waals surface area (Å²) in [4.78, 5) is 4.58. The first-order valence-corrected chi connectivity index (χ1v) is 7.40. The molecule has 1 aromatic heterocycles. The van der Waals surface area contributed by atoms with Crippen LogP contribution in [0.2, 0.25) is 0 Å². The Bertz CT molecular complexity index is 582. The maximum absolute atomic E-state index is 5.87. The fraction of sp³-hybridized carbons (Fsp3) is 0.471. The summed E-state index contributed by atoms with van der Waals surface area (Å²) in [6.45, 7) is 10.5. The molecule has 0 N–H and O–H groups in total. The molecule has 1 heterocycles. The van der Waals surface area contributed by atoms with Crippen LogP contribution in [0.15, 0.2) is 30.3 Å². The van der Waals surface area contributed by atoms with Crippen molar-refractivity contribution in [3.8, 4) is 5.88 Å². The lowest BCUT2D eigenvalue weighted by atomic mass is 10.1. The van der Waals surface area contributed by atoms with E-state index in [-0.39, 0.29) is 24.0 Å². The normalized spacial score (nSPS) is 11.2. The SMILES string of the molecule is CC[N+](C)(CC)CCOc1cc(C)c2ccccc2n1.[I-]. The van der Waals surface area contributed by atoms with Gasteiger partial charge in [-0.25, -0.2) is 4.98 Å². The molecule has 0 spiro atoms. The monoisotopic (exact) mass is 400 g/mol. The number of quaternary nitrogens is 1. The number of aryl methyl sites for hydroxylation is 1. The highest BCUT2D eigenvalue weighted by atomic mass is 127. The lowest BCUT2D eigenvalue weighted by Crippen LogP contribution is -3.00. The number of para-hydroxylation sites is 1. The number of fused-ring (bicyclic) bond motifs is 1. The molecule has 0 aliphatic carbocycles. The predicted octanol–water partition coefficient (Wildman–Crippen LogP) is 0.412. The quantitative estimate of drug-likeness (QED) is 0.518. The minimum atomic E-state index is 0. The molecule has 0 saturated carbocycles. The molecule has 2 rings (SSSR count). The van der Waals surface area contributed by atoms with E-state index in [1.54, 1.807) is 0 Å². The van der Waals surface area contributed by atoms with Crippen LogP contribution in [0, 0.1) is 6.92 Å². The van der Waals surface area contributed by atoms with Gasteiger partial charge < -0.3 is 33.2 Å². The Kier molecular flexibility index (Phi) is 6.87. The van der Waals surface area contributed by atoms with Gasteiger partial charge in [-0.3, -0.25) is 0 Å². The first-order chi connectivity index (χ1) is 9.58. The van der Waals surface area contributed by atoms with E-state index in [0.717, 1.165) is 35.5 Å². The molecule has 4 heteroatoms. The van der Waals surface area contributed by atoms with Crippen molar-refractivity contribution < 1.29 is 33.2 Å². The van der Waals surface area contributed by atoms with Crippen LogP contribution >= 0.6 is 0 Å². The Hall–Kier alpha value is -0.880. The van der Waals surface area contributed by atoms with Gasteiger partial charge in [0.2, 0.25) is 5.88 Å². The van der Waals surface area contributed by atoms with Crippen LogP contribution in [-0.2, 0) is 0 Å². The van der Waals surface area contributed by atoms with E-state index in [0.29, 0.717) is 6.61 Å². The minimum Gasteiger partial charge on any atom is -1.00 e. The Morgan fingerprint density at radius 1 is 1.14 bits per heavy atom. The number of nitrogens with zero attached hydrogens (tertiary/aromatic N) is 2. The molecule has 0 fully saturated rings. The molecule has 0 radical (unpaired) electrons. The average Bonchev–Trinajstić information content (AvgIpc) is 2.47. The number of rotatable bonds is 6. The molecule has 0 bridgehead atoms. The molecular weight excluding hydrogens is 375 g/mol. The summed E-state index contributed by atoms with van der Waals surface area (Å²) in [5, 5.41) is 1.20. The van der Waals surface area contributed by atoms with E-state index in [2.05, 4.69) is 38.9 Å². The third-order valence-corrected chi connectivity index (χ3v) is 4.31. The van der Waals surface area contributed by atoms with Crippen molar-refractivity contribution in [1.29, 1.82) is 0 Å². The van der Waals surface area contributed by atoms with Gasteiger partial charge >= 0.3 is 0 Å². The molecule has 3 nitrogen and oxygen atoms in total. The van der Waals surface area contributed by atoms with Crippen molar-refractivity contribution in [2.75, 3.05) is 33.3 Å². The number of pyridine rings is 1. The third-order valence-electron chi connectivity index (χ3n) is 4.31. The number of halogens is 1. The maximum atomic E-state index is 5.87. The summed E-state index contributed by atoms with van der Waals surface area (Å²) in [7, 11) is 2.27. The molecule has 116 valence electrons. The van der Waals surface area contributed by atoms with Crippen molar-refractivity contribution in [3.63, 3.8) is 0 Å². The molecular formula is C17H25IN2O. The van der Waals surface area contributed by atoms with Gasteiger partial charge in [-0.1, -0.05) is 18.2 Å². The van der Waals surface area contributed by atoms with E-state index < -0.39 is 0 Å². The second kappa shape index (κ2) is 7.94. The third kappa shape index (κ3) is 4.54. The van der Waals surface area contributed by atoms with Crippen LogP contribution in [0.25, 0.3) is 10.9 Å². The molecule has 0 atom stereocenters. The summed E-state index contributed by atoms with van der Waals surface area (Å²) in [6, 6.07) is 10.2. The molecule has 2 aromatic rings. The van der Waals surface area contributed by atoms with Gasteiger partial charge in [0.15, 0.2) is 0 Å². The fourth-order valence-electron chi connectivity index (χ4n) is 2.30. The standard InChI is InChI=1S/C17H25N2O.HI/c1-5-19(4,6-2)11-12-20-17-13-14(3)15-9-7-8-10-16(15)18-17;/h7-10,13H,5-6,11-12H2,1-4H3;1H/q+1;/p-1. The number of hydrogen-bond acceptors (Lipinski definition) is 2. The van der Waals surface area contributed by atoms with Gasteiger partial charge in [-0.05, 0) is 32.4 Å². The van der Waals surface area contributed by atoms with Gasteiger partial charge in [-0.15, -0.1) is 0 Å². The van der Waals surface area contributed by atoms with Gasteiger partial charge in [-0.2, -0.15) is 0 Å². The fourth-order valence-corrected chi connectivity index (χ4v) is 2.30. The Labute approximate surface area is 144 Å². The smallest absolute Gasteiger partial charge is 0.214 e. The number of benzene rings is 1. The lowest BCUT2D eigenvalue weighted by molar-refractivity contribution is -0.906. The zero-order valence-electron chi connectivity index (χ0n) is 13.4. The maximum Gasteiger partial charge on any atom is 0.214 e. The molecule has 1 aromatic carbocycles. The molecule has 0 unspecified atom stereocenters. The Morgan fingerprint density at radius 2 is 1.81 bits per heavy atom. The molecule has 21 heavy (non-hydrogen) atoms. The van der Waals surface area contributed by atoms with Crippen LogP contribution in [0.4, 0.5) is 0 Å². The highest BCUT2D eigenvalue weighted by Crippen LogP contribution is 2.21. The van der Waals surface area contributed by atoms with E-state index in [4.69, 9.17) is 4.74 Å². The Balaban J connectivity index is 0.00000220. The average molecular weight is 400 g/mol. The topological polar surface area (TPSA) is 22.1 Å². The summed E-state index contributed by atoms with van der Waals surface area (Å²) < 4.78 is 6.90. The van der Waals surface area contributed by atoms with Crippen molar-refractivity contribution in [2.24, 2.45) is 0 Å². The van der Waals surface area contributed by atoms with Gasteiger partial charge in [0, 0.05) is 11.5 Å². The van der Waals surface area contributed by atoms with E-state index >= 15 is 0 Å². The molecule has 0 saturated heterocycles. The summed E-state index contributed by atoms with van der Waals surface area (Å²) in [5.41, 5.74) is 2.22. The van der Waals surface area contributed by atoms with E-state index in [1.165, 1.54) is 10.9 Å². The first-order valence-electron chi connectivity index (χ1n) is 7.40. The van der Waals surface area contributed by atoms with Crippen LogP contribution in [0.3, 0.4) is 0 Å². The van der Waals surface area contributed by atoms with Gasteiger partial charge in [0.05, 0.1) is 25.7 Å². The van der Waals surface area contributed by atoms with Crippen molar-refractivity contribution >= 4 is 10.9 Å². The zero-order valence-corrected chi connectivity index (χ0v) is 15.6. The van der Waals surface area contributed by atoms with Gasteiger partial charge in [0.1, 0.15) is 13.2 Å². The second-order valence-electron chi connectivity index (χ2n) is 5.62. The van der Waals surface area contributed by atoms with E-state index in [1.807, 2.05) is 24.3 Å². The molecule has 0 aliphatic heterocycles. The number of aromatic nitrogens is 1. The predicted molar refractivity (Wildman–Crippen MR) is 84.1 cm³/mol. The Morgan fingerprint density at radius 3 is 2.48 bits per heavy atom. The largest absolute Gasteiger partial charge is 1.00 e. The van der Waals surface area contributed by atoms with Crippen LogP contribution in [0.1, 0.15) is 19.4 Å². The van der Waals surface area contributed by atoms with Crippen LogP contribution in [-0.4, -0.2) is 42.8 Å². The lowest BCUT2D eigenvalue weighted by Gasteiger charge is -2.31. The second-order valence-corrected chi connectivity index (χ2v) is 5.62. The summed E-state index contributed by atoms with van der Waals surface area (Å²) in [5.74, 6) is 0.736. The molecule has 0 amide bonds. The van der Waals surface area contributed by atoms with Crippen molar-refractivity contribution in [2.45, 2.75) is 20.8 Å². The van der Waals surface area contributed by atoms with Crippen LogP contribution in [0.5, 0.6) is 5.88 Å². The van der Waals surface area contributed by atoms with Crippen LogP contribution < -0.4 is 28.7 Å². The minimum absolute atomic E-state index is 0. The number of ether oxygens (including phenoxy) is 1. The highest BCUT2D eigenvalue weighted by Gasteiger charge is 2.16. The summed E-state index contributed by atoms with van der Waals surface area (Å²) in [6.07, 6.45) is 0.